The molecule has 4 rings (SSSR count). The predicted octanol–water partition coefficient (Wildman–Crippen LogP) is 0.635. The van der Waals surface area contributed by atoms with Crippen LogP contribution in [-0.4, -0.2) is 32.8 Å². The number of H-pyrrole nitrogens is 2. The number of hydrogen-bond donors (Lipinski definition) is 2. The molecule has 3 heterocycles. The van der Waals surface area contributed by atoms with Crippen molar-refractivity contribution in [1.82, 2.24) is 20.2 Å². The van der Waals surface area contributed by atoms with E-state index in [0.29, 0.717) is 23.0 Å². The van der Waals surface area contributed by atoms with Gasteiger partial charge >= 0.3 is 0 Å². The van der Waals surface area contributed by atoms with Gasteiger partial charge in [-0.2, -0.15) is 10.1 Å². The summed E-state index contributed by atoms with van der Waals surface area (Å²) in [6, 6.07) is 0.559. The maximum Gasteiger partial charge on any atom is 0.263 e. The summed E-state index contributed by atoms with van der Waals surface area (Å²) in [5.74, 6) is 1.47. The molecule has 2 unspecified atom stereocenters. The van der Waals surface area contributed by atoms with Crippen LogP contribution >= 0.6 is 0 Å². The second-order valence-electron chi connectivity index (χ2n) is 5.01. The van der Waals surface area contributed by atoms with Gasteiger partial charge in [-0.1, -0.05) is 0 Å². The van der Waals surface area contributed by atoms with Crippen molar-refractivity contribution >= 4 is 17.0 Å². The zero-order valence-corrected chi connectivity index (χ0v) is 9.31. The van der Waals surface area contributed by atoms with E-state index < -0.39 is 0 Å². The Morgan fingerprint density at radius 2 is 2.35 bits per heavy atom. The number of rotatable bonds is 1. The number of hydrogen-bond acceptors (Lipinski definition) is 4. The lowest BCUT2D eigenvalue weighted by Crippen LogP contribution is -2.34. The highest BCUT2D eigenvalue weighted by molar-refractivity contribution is 5.73. The average molecular weight is 231 g/mol. The fourth-order valence-corrected chi connectivity index (χ4v) is 3.15. The summed E-state index contributed by atoms with van der Waals surface area (Å²) < 4.78 is 0. The quantitative estimate of drug-likeness (QED) is 0.754. The van der Waals surface area contributed by atoms with Crippen molar-refractivity contribution in [2.75, 3.05) is 11.4 Å². The zero-order valence-electron chi connectivity index (χ0n) is 9.31. The topological polar surface area (TPSA) is 77.7 Å². The molecular weight excluding hydrogens is 218 g/mol. The lowest BCUT2D eigenvalue weighted by Gasteiger charge is -2.27. The molecule has 1 aliphatic heterocycles. The molecule has 0 spiro atoms. The summed E-state index contributed by atoms with van der Waals surface area (Å²) >= 11 is 0. The van der Waals surface area contributed by atoms with Gasteiger partial charge in [-0.05, 0) is 25.2 Å². The minimum Gasteiger partial charge on any atom is -0.339 e. The molecule has 6 heteroatoms. The Hall–Kier alpha value is -1.85. The van der Waals surface area contributed by atoms with Crippen molar-refractivity contribution < 1.29 is 0 Å². The van der Waals surface area contributed by atoms with E-state index in [1.54, 1.807) is 0 Å². The third-order valence-electron chi connectivity index (χ3n) is 3.99. The number of aromatic nitrogens is 4. The largest absolute Gasteiger partial charge is 0.339 e. The highest BCUT2D eigenvalue weighted by Crippen LogP contribution is 2.38. The van der Waals surface area contributed by atoms with E-state index in [2.05, 4.69) is 25.1 Å². The molecule has 0 radical (unpaired) electrons. The van der Waals surface area contributed by atoms with Gasteiger partial charge in [0.1, 0.15) is 5.39 Å². The molecule has 1 saturated carbocycles. The summed E-state index contributed by atoms with van der Waals surface area (Å²) in [6.07, 6.45) is 5.29. The van der Waals surface area contributed by atoms with Gasteiger partial charge < -0.3 is 4.90 Å². The number of piperidine rings is 1. The van der Waals surface area contributed by atoms with Gasteiger partial charge in [0, 0.05) is 12.6 Å². The molecule has 17 heavy (non-hydrogen) atoms. The Morgan fingerprint density at radius 3 is 3.12 bits per heavy atom. The molecule has 1 saturated heterocycles. The second-order valence-corrected chi connectivity index (χ2v) is 5.01. The van der Waals surface area contributed by atoms with Crippen molar-refractivity contribution in [3.05, 3.63) is 16.6 Å². The summed E-state index contributed by atoms with van der Waals surface area (Å²) in [6.45, 7) is 1.02. The van der Waals surface area contributed by atoms with Crippen LogP contribution in [0, 0.1) is 5.92 Å². The van der Waals surface area contributed by atoms with Gasteiger partial charge in [0.15, 0.2) is 5.65 Å². The molecule has 2 bridgehead atoms. The van der Waals surface area contributed by atoms with E-state index in [-0.39, 0.29) is 5.56 Å². The summed E-state index contributed by atoms with van der Waals surface area (Å²) in [5, 5.41) is 7.14. The van der Waals surface area contributed by atoms with E-state index in [9.17, 15) is 4.79 Å². The summed E-state index contributed by atoms with van der Waals surface area (Å²) in [7, 11) is 0. The molecule has 2 aromatic heterocycles. The number of aromatic amines is 2. The van der Waals surface area contributed by atoms with Crippen LogP contribution in [0.2, 0.25) is 0 Å². The molecule has 88 valence electrons. The van der Waals surface area contributed by atoms with Crippen LogP contribution in [0.15, 0.2) is 11.0 Å². The number of nitrogens with one attached hydrogen (secondary N) is 2. The van der Waals surface area contributed by atoms with Gasteiger partial charge in [-0.15, -0.1) is 0 Å². The smallest absolute Gasteiger partial charge is 0.263 e. The number of nitrogens with zero attached hydrogens (tertiary/aromatic N) is 3. The molecule has 2 atom stereocenters. The first-order chi connectivity index (χ1) is 8.31. The molecule has 1 aliphatic carbocycles. The Kier molecular flexibility index (Phi) is 1.67. The van der Waals surface area contributed by atoms with E-state index in [0.717, 1.165) is 12.5 Å². The highest BCUT2D eigenvalue weighted by Gasteiger charge is 2.38. The van der Waals surface area contributed by atoms with E-state index in [1.807, 2.05) is 0 Å². The van der Waals surface area contributed by atoms with Gasteiger partial charge in [-0.25, -0.2) is 0 Å². The highest BCUT2D eigenvalue weighted by atomic mass is 16.1. The first-order valence-electron chi connectivity index (χ1n) is 6.01. The first kappa shape index (κ1) is 9.21. The lowest BCUT2D eigenvalue weighted by molar-refractivity contribution is 0.546. The van der Waals surface area contributed by atoms with Crippen molar-refractivity contribution in [2.45, 2.75) is 25.3 Å². The second kappa shape index (κ2) is 3.09. The van der Waals surface area contributed by atoms with Crippen molar-refractivity contribution in [3.63, 3.8) is 0 Å². The Balaban J connectivity index is 1.83. The van der Waals surface area contributed by atoms with Crippen LogP contribution in [0.5, 0.6) is 0 Å². The standard InChI is InChI=1S/C11H13N5O/c17-10-8-4-12-15-9(8)13-11(14-10)16-5-6-1-2-7(16)3-6/h4,6-7H,1-3,5H2,(H2,12,13,14,15,17). The molecule has 0 aromatic carbocycles. The van der Waals surface area contributed by atoms with Gasteiger partial charge in [0.2, 0.25) is 5.95 Å². The first-order valence-corrected chi connectivity index (χ1v) is 6.01. The Bertz CT molecular complexity index is 630. The average Bonchev–Trinajstić information content (AvgIpc) is 3.04. The maximum atomic E-state index is 11.8. The molecule has 2 N–H and O–H groups in total. The normalized spacial score (nSPS) is 27.2. The van der Waals surface area contributed by atoms with Crippen LogP contribution < -0.4 is 10.5 Å². The molecule has 2 fully saturated rings. The zero-order chi connectivity index (χ0) is 11.4. The minimum atomic E-state index is -0.110. The summed E-state index contributed by atoms with van der Waals surface area (Å²) in [5.41, 5.74) is 0.466. The monoisotopic (exact) mass is 231 g/mol. The van der Waals surface area contributed by atoms with E-state index >= 15 is 0 Å². The van der Waals surface area contributed by atoms with Crippen LogP contribution in [0.25, 0.3) is 11.0 Å². The van der Waals surface area contributed by atoms with Crippen molar-refractivity contribution in [2.24, 2.45) is 5.92 Å². The maximum absolute atomic E-state index is 11.8. The predicted molar refractivity (Wildman–Crippen MR) is 63.0 cm³/mol. The Morgan fingerprint density at radius 1 is 1.41 bits per heavy atom. The van der Waals surface area contributed by atoms with Crippen LogP contribution in [0.4, 0.5) is 5.95 Å². The van der Waals surface area contributed by atoms with Crippen LogP contribution in [0.1, 0.15) is 19.3 Å². The lowest BCUT2D eigenvalue weighted by atomic mass is 10.1. The van der Waals surface area contributed by atoms with Crippen LogP contribution in [0.3, 0.4) is 0 Å². The van der Waals surface area contributed by atoms with E-state index in [4.69, 9.17) is 0 Å². The molecule has 2 aromatic rings. The molecule has 0 amide bonds. The SMILES string of the molecule is O=c1[nH]c(N2CC3CCC2C3)nc2[nH]ncc12. The van der Waals surface area contributed by atoms with Gasteiger partial charge in [0.25, 0.3) is 5.56 Å². The Labute approximate surface area is 97.0 Å². The van der Waals surface area contributed by atoms with Gasteiger partial charge in [-0.3, -0.25) is 14.9 Å². The fourth-order valence-electron chi connectivity index (χ4n) is 3.15. The van der Waals surface area contributed by atoms with Crippen molar-refractivity contribution in [3.8, 4) is 0 Å². The van der Waals surface area contributed by atoms with Crippen LogP contribution in [-0.2, 0) is 0 Å². The molecule has 6 nitrogen and oxygen atoms in total. The summed E-state index contributed by atoms with van der Waals surface area (Å²) in [4.78, 5) is 21.4. The minimum absolute atomic E-state index is 0.110. The number of fused-ring (bicyclic) bond motifs is 3. The number of anilines is 1. The third-order valence-corrected chi connectivity index (χ3v) is 3.99. The third kappa shape index (κ3) is 1.23. The van der Waals surface area contributed by atoms with Gasteiger partial charge in [0.05, 0.1) is 6.20 Å². The van der Waals surface area contributed by atoms with Crippen molar-refractivity contribution in [1.29, 1.82) is 0 Å². The molecular formula is C11H13N5O. The van der Waals surface area contributed by atoms with E-state index in [1.165, 1.54) is 25.5 Å². The fraction of sp³-hybridized carbons (Fsp3) is 0.545. The molecule has 2 aliphatic rings.